The molecule has 0 aliphatic carbocycles. The number of piperazine rings is 1. The Balaban J connectivity index is 1.42. The number of nitrogens with zero attached hydrogens (tertiary/aromatic N) is 2. The number of carbonyl (C=O) groups excluding carboxylic acids is 2. The lowest BCUT2D eigenvalue weighted by Gasteiger charge is -2.37. The Morgan fingerprint density at radius 2 is 1.78 bits per heavy atom. The van der Waals surface area contributed by atoms with E-state index in [1.54, 1.807) is 23.2 Å². The monoisotopic (exact) mass is 471 g/mol. The van der Waals surface area contributed by atoms with E-state index >= 15 is 0 Å². The van der Waals surface area contributed by atoms with E-state index in [0.29, 0.717) is 41.7 Å². The van der Waals surface area contributed by atoms with Gasteiger partial charge >= 0.3 is 0 Å². The first kappa shape index (κ1) is 22.6. The minimum atomic E-state index is -0.296. The predicted molar refractivity (Wildman–Crippen MR) is 131 cm³/mol. The summed E-state index contributed by atoms with van der Waals surface area (Å²) in [6.07, 6.45) is 0. The molecule has 4 rings (SSSR count). The van der Waals surface area contributed by atoms with E-state index < -0.39 is 0 Å². The van der Waals surface area contributed by atoms with Crippen LogP contribution in [0.1, 0.15) is 21.5 Å². The van der Waals surface area contributed by atoms with Crippen molar-refractivity contribution in [1.82, 2.24) is 4.90 Å². The minimum absolute atomic E-state index is 0.0355. The first-order chi connectivity index (χ1) is 15.4. The standard InChI is InChI=1S/C24H26ClN3O3S/c1-16-3-5-18(13-20(16)26-23(29)22-15-32-12-11-31-22)24(30)28-9-7-27(8-10-28)21-14-19(25)6-4-17(21)2/h3-6,13-15H,7-12H2,1-2H3,(H,26,29). The molecule has 2 heterocycles. The summed E-state index contributed by atoms with van der Waals surface area (Å²) in [5, 5.41) is 5.32. The molecule has 0 saturated carbocycles. The average Bonchev–Trinajstić information content (AvgIpc) is 2.82. The molecule has 168 valence electrons. The molecule has 8 heteroatoms. The first-order valence-electron chi connectivity index (χ1n) is 10.6. The quantitative estimate of drug-likeness (QED) is 0.713. The molecule has 1 N–H and O–H groups in total. The second-order valence-electron chi connectivity index (χ2n) is 7.90. The molecule has 0 spiro atoms. The maximum Gasteiger partial charge on any atom is 0.291 e. The SMILES string of the molecule is Cc1ccc(C(=O)N2CCN(c3cc(Cl)ccc3C)CC2)cc1NC(=O)C1=CSCCO1. The van der Waals surface area contributed by atoms with Crippen molar-refractivity contribution in [3.63, 3.8) is 0 Å². The Morgan fingerprint density at radius 1 is 1.03 bits per heavy atom. The second-order valence-corrected chi connectivity index (χ2v) is 9.31. The van der Waals surface area contributed by atoms with Crippen molar-refractivity contribution in [1.29, 1.82) is 0 Å². The van der Waals surface area contributed by atoms with Crippen LogP contribution in [0.25, 0.3) is 0 Å². The highest BCUT2D eigenvalue weighted by molar-refractivity contribution is 8.02. The molecule has 2 aliphatic heterocycles. The van der Waals surface area contributed by atoms with Gasteiger partial charge in [-0.1, -0.05) is 23.7 Å². The Bertz CT molecular complexity index is 1060. The van der Waals surface area contributed by atoms with Crippen molar-refractivity contribution in [2.75, 3.05) is 48.8 Å². The molecule has 0 aromatic heterocycles. The first-order valence-corrected chi connectivity index (χ1v) is 12.0. The largest absolute Gasteiger partial charge is 0.487 e. The summed E-state index contributed by atoms with van der Waals surface area (Å²) in [6.45, 7) is 7.22. The second kappa shape index (κ2) is 9.88. The molecule has 0 radical (unpaired) electrons. The topological polar surface area (TPSA) is 61.9 Å². The van der Waals surface area contributed by atoms with Crippen LogP contribution >= 0.6 is 23.4 Å². The highest BCUT2D eigenvalue weighted by Gasteiger charge is 2.24. The Morgan fingerprint density at radius 3 is 2.50 bits per heavy atom. The van der Waals surface area contributed by atoms with E-state index in [0.717, 1.165) is 30.1 Å². The third-order valence-corrected chi connectivity index (χ3v) is 6.70. The molecular formula is C24H26ClN3O3S. The number of anilines is 2. The van der Waals surface area contributed by atoms with Gasteiger partial charge in [0, 0.05) is 59.3 Å². The fourth-order valence-corrected chi connectivity index (χ4v) is 4.61. The van der Waals surface area contributed by atoms with Gasteiger partial charge in [0.05, 0.1) is 6.61 Å². The number of amides is 2. The molecule has 0 bridgehead atoms. The lowest BCUT2D eigenvalue weighted by atomic mass is 10.1. The van der Waals surface area contributed by atoms with Crippen LogP contribution in [0.4, 0.5) is 11.4 Å². The predicted octanol–water partition coefficient (Wildman–Crippen LogP) is 4.46. The number of carbonyl (C=O) groups is 2. The molecule has 6 nitrogen and oxygen atoms in total. The molecule has 1 saturated heterocycles. The van der Waals surface area contributed by atoms with E-state index in [1.165, 1.54) is 5.56 Å². The van der Waals surface area contributed by atoms with Crippen molar-refractivity contribution in [3.8, 4) is 0 Å². The van der Waals surface area contributed by atoms with Crippen molar-refractivity contribution in [3.05, 3.63) is 69.3 Å². The van der Waals surface area contributed by atoms with Crippen LogP contribution < -0.4 is 10.2 Å². The molecule has 0 atom stereocenters. The number of rotatable bonds is 4. The van der Waals surface area contributed by atoms with Crippen molar-refractivity contribution >= 4 is 46.6 Å². The van der Waals surface area contributed by atoms with Gasteiger partial charge in [-0.25, -0.2) is 0 Å². The van der Waals surface area contributed by atoms with Gasteiger partial charge in [0.25, 0.3) is 11.8 Å². The van der Waals surface area contributed by atoms with E-state index in [4.69, 9.17) is 16.3 Å². The van der Waals surface area contributed by atoms with Gasteiger partial charge in [-0.05, 0) is 49.2 Å². The molecule has 2 aromatic rings. The van der Waals surface area contributed by atoms with Crippen molar-refractivity contribution in [2.45, 2.75) is 13.8 Å². The van der Waals surface area contributed by atoms with Crippen LogP contribution in [-0.4, -0.2) is 55.3 Å². The summed E-state index contributed by atoms with van der Waals surface area (Å²) >= 11 is 7.73. The van der Waals surface area contributed by atoms with Gasteiger partial charge in [0.15, 0.2) is 5.76 Å². The minimum Gasteiger partial charge on any atom is -0.487 e. The summed E-state index contributed by atoms with van der Waals surface area (Å²) in [4.78, 5) is 29.8. The third-order valence-electron chi connectivity index (χ3n) is 5.68. The van der Waals surface area contributed by atoms with Crippen LogP contribution in [0.15, 0.2) is 47.6 Å². The normalized spacial score (nSPS) is 16.3. The number of benzene rings is 2. The third kappa shape index (κ3) is 5.05. The smallest absolute Gasteiger partial charge is 0.291 e. The Hall–Kier alpha value is -2.64. The average molecular weight is 472 g/mol. The van der Waals surface area contributed by atoms with Crippen LogP contribution in [0.3, 0.4) is 0 Å². The molecule has 32 heavy (non-hydrogen) atoms. The highest BCUT2D eigenvalue weighted by atomic mass is 35.5. The van der Waals surface area contributed by atoms with Crippen molar-refractivity contribution in [2.24, 2.45) is 0 Å². The van der Waals surface area contributed by atoms with E-state index in [-0.39, 0.29) is 11.8 Å². The zero-order valence-electron chi connectivity index (χ0n) is 18.2. The van der Waals surface area contributed by atoms with Crippen LogP contribution in [0.2, 0.25) is 5.02 Å². The highest BCUT2D eigenvalue weighted by Crippen LogP contribution is 2.26. The summed E-state index contributed by atoms with van der Waals surface area (Å²) in [5.74, 6) is 0.816. The fourth-order valence-electron chi connectivity index (χ4n) is 3.82. The molecular weight excluding hydrogens is 446 g/mol. The Kier molecular flexibility index (Phi) is 6.96. The molecule has 1 fully saturated rings. The number of hydrogen-bond acceptors (Lipinski definition) is 5. The van der Waals surface area contributed by atoms with Gasteiger partial charge in [-0.2, -0.15) is 0 Å². The fraction of sp³-hybridized carbons (Fsp3) is 0.333. The number of aryl methyl sites for hydroxylation is 2. The molecule has 0 unspecified atom stereocenters. The lowest BCUT2D eigenvalue weighted by Crippen LogP contribution is -2.49. The number of halogens is 1. The van der Waals surface area contributed by atoms with Gasteiger partial charge in [0.1, 0.15) is 0 Å². The maximum absolute atomic E-state index is 13.1. The number of nitrogens with one attached hydrogen (secondary N) is 1. The molecule has 2 aliphatic rings. The van der Waals surface area contributed by atoms with Gasteiger partial charge in [-0.15, -0.1) is 11.8 Å². The van der Waals surface area contributed by atoms with Gasteiger partial charge < -0.3 is 19.9 Å². The van der Waals surface area contributed by atoms with Crippen LogP contribution in [-0.2, 0) is 9.53 Å². The number of hydrogen-bond donors (Lipinski definition) is 1. The molecule has 2 amide bonds. The lowest BCUT2D eigenvalue weighted by molar-refractivity contribution is -0.116. The van der Waals surface area contributed by atoms with Crippen LogP contribution in [0.5, 0.6) is 0 Å². The van der Waals surface area contributed by atoms with E-state index in [1.807, 2.05) is 42.2 Å². The summed E-state index contributed by atoms with van der Waals surface area (Å²) in [6, 6.07) is 11.3. The zero-order chi connectivity index (χ0) is 22.7. The summed E-state index contributed by atoms with van der Waals surface area (Å²) in [7, 11) is 0. The Labute approximate surface area is 197 Å². The summed E-state index contributed by atoms with van der Waals surface area (Å²) in [5.41, 5.74) is 4.35. The molecule has 2 aromatic carbocycles. The number of thioether (sulfide) groups is 1. The van der Waals surface area contributed by atoms with E-state index in [9.17, 15) is 9.59 Å². The van der Waals surface area contributed by atoms with Crippen molar-refractivity contribution < 1.29 is 14.3 Å². The summed E-state index contributed by atoms with van der Waals surface area (Å²) < 4.78 is 5.43. The zero-order valence-corrected chi connectivity index (χ0v) is 19.8. The number of ether oxygens (including phenoxy) is 1. The van der Waals surface area contributed by atoms with Gasteiger partial charge in [-0.3, -0.25) is 9.59 Å². The van der Waals surface area contributed by atoms with Crippen LogP contribution in [0, 0.1) is 13.8 Å². The van der Waals surface area contributed by atoms with E-state index in [2.05, 4.69) is 17.1 Å². The van der Waals surface area contributed by atoms with Gasteiger partial charge in [0.2, 0.25) is 0 Å². The maximum atomic E-state index is 13.1.